The fourth-order valence-electron chi connectivity index (χ4n) is 3.59. The lowest BCUT2D eigenvalue weighted by Gasteiger charge is -2.32. The zero-order valence-electron chi connectivity index (χ0n) is 13.2. The van der Waals surface area contributed by atoms with Crippen molar-refractivity contribution in [3.63, 3.8) is 0 Å². The van der Waals surface area contributed by atoms with Crippen LogP contribution in [0.3, 0.4) is 0 Å². The molecule has 22 heavy (non-hydrogen) atoms. The second-order valence-corrected chi connectivity index (χ2v) is 6.40. The zero-order chi connectivity index (χ0) is 14.8. The second kappa shape index (κ2) is 7.44. The second-order valence-electron chi connectivity index (χ2n) is 6.40. The number of hydrogen-bond donors (Lipinski definition) is 1. The van der Waals surface area contributed by atoms with Gasteiger partial charge in [0.1, 0.15) is 0 Å². The Bertz CT molecular complexity index is 514. The number of hydrogen-bond acceptors (Lipinski definition) is 3. The van der Waals surface area contributed by atoms with E-state index in [9.17, 15) is 4.79 Å². The Balaban J connectivity index is 0.00000176. The molecular weight excluding hydrogens is 298 g/mol. The Morgan fingerprint density at radius 2 is 1.95 bits per heavy atom. The molecule has 0 spiro atoms. The van der Waals surface area contributed by atoms with Crippen LogP contribution in [0.1, 0.15) is 25.3 Å². The highest BCUT2D eigenvalue weighted by Crippen LogP contribution is 2.32. The third-order valence-corrected chi connectivity index (χ3v) is 4.88. The van der Waals surface area contributed by atoms with Crippen molar-refractivity contribution in [2.45, 2.75) is 32.2 Å². The standard InChI is InChI=1S/C17H25N3O.ClH/c1-13-10-15-4-2-3-5-16(15)20(13)17(21)12-19-8-6-14(11-18)7-9-19;/h2-5,13-14H,6-12,18H2,1H3;1H. The van der Waals surface area contributed by atoms with E-state index in [-0.39, 0.29) is 24.4 Å². The summed E-state index contributed by atoms with van der Waals surface area (Å²) in [6, 6.07) is 8.54. The maximum atomic E-state index is 12.7. The van der Waals surface area contributed by atoms with E-state index in [1.807, 2.05) is 11.0 Å². The van der Waals surface area contributed by atoms with Gasteiger partial charge in [0.15, 0.2) is 0 Å². The molecule has 3 rings (SSSR count). The number of amides is 1. The maximum Gasteiger partial charge on any atom is 0.241 e. The monoisotopic (exact) mass is 323 g/mol. The van der Waals surface area contributed by atoms with Gasteiger partial charge in [-0.1, -0.05) is 18.2 Å². The molecule has 1 amide bonds. The number of fused-ring (bicyclic) bond motifs is 1. The molecule has 2 N–H and O–H groups in total. The third kappa shape index (κ3) is 3.45. The van der Waals surface area contributed by atoms with Crippen LogP contribution in [0.4, 0.5) is 5.69 Å². The molecule has 0 bridgehead atoms. The minimum absolute atomic E-state index is 0. The van der Waals surface area contributed by atoms with E-state index in [2.05, 4.69) is 30.0 Å². The topological polar surface area (TPSA) is 49.6 Å². The summed E-state index contributed by atoms with van der Waals surface area (Å²) in [6.07, 6.45) is 3.21. The number of nitrogens with zero attached hydrogens (tertiary/aromatic N) is 2. The van der Waals surface area contributed by atoms with Gasteiger partial charge in [-0.3, -0.25) is 9.69 Å². The van der Waals surface area contributed by atoms with E-state index in [1.54, 1.807) is 0 Å². The minimum atomic E-state index is 0. The summed E-state index contributed by atoms with van der Waals surface area (Å²) in [6.45, 7) is 5.45. The lowest BCUT2D eigenvalue weighted by atomic mass is 9.97. The number of halogens is 1. The number of piperidine rings is 1. The van der Waals surface area contributed by atoms with Gasteiger partial charge in [-0.05, 0) is 63.4 Å². The molecular formula is C17H26ClN3O. The van der Waals surface area contributed by atoms with Gasteiger partial charge < -0.3 is 10.6 Å². The summed E-state index contributed by atoms with van der Waals surface area (Å²) in [7, 11) is 0. The summed E-state index contributed by atoms with van der Waals surface area (Å²) >= 11 is 0. The fraction of sp³-hybridized carbons (Fsp3) is 0.588. The van der Waals surface area contributed by atoms with Crippen molar-refractivity contribution in [1.29, 1.82) is 0 Å². The van der Waals surface area contributed by atoms with Crippen LogP contribution in [0.15, 0.2) is 24.3 Å². The summed E-state index contributed by atoms with van der Waals surface area (Å²) in [5, 5.41) is 0. The van der Waals surface area contributed by atoms with Crippen LogP contribution in [0.2, 0.25) is 0 Å². The Hall–Kier alpha value is -1.10. The van der Waals surface area contributed by atoms with E-state index in [1.165, 1.54) is 5.56 Å². The van der Waals surface area contributed by atoms with Crippen LogP contribution in [-0.4, -0.2) is 43.0 Å². The van der Waals surface area contributed by atoms with Crippen molar-refractivity contribution in [1.82, 2.24) is 4.90 Å². The largest absolute Gasteiger partial charge is 0.330 e. The third-order valence-electron chi connectivity index (χ3n) is 4.88. The van der Waals surface area contributed by atoms with E-state index in [0.717, 1.165) is 44.6 Å². The predicted octanol–water partition coefficient (Wildman–Crippen LogP) is 2.06. The molecule has 2 aliphatic rings. The molecule has 1 saturated heterocycles. The van der Waals surface area contributed by atoms with Gasteiger partial charge in [0.05, 0.1) is 6.54 Å². The Kier molecular flexibility index (Phi) is 5.84. The molecule has 0 radical (unpaired) electrons. The molecule has 1 aromatic rings. The molecule has 2 aliphatic heterocycles. The van der Waals surface area contributed by atoms with Crippen molar-refractivity contribution in [2.75, 3.05) is 31.1 Å². The number of para-hydroxylation sites is 1. The molecule has 122 valence electrons. The normalized spacial score (nSPS) is 22.3. The fourth-order valence-corrected chi connectivity index (χ4v) is 3.59. The number of benzene rings is 1. The molecule has 4 nitrogen and oxygen atoms in total. The first kappa shape index (κ1) is 17.3. The summed E-state index contributed by atoms with van der Waals surface area (Å²) < 4.78 is 0. The van der Waals surface area contributed by atoms with Crippen LogP contribution in [0.25, 0.3) is 0 Å². The number of carbonyl (C=O) groups excluding carboxylic acids is 1. The Morgan fingerprint density at radius 3 is 2.64 bits per heavy atom. The number of anilines is 1. The molecule has 0 aliphatic carbocycles. The van der Waals surface area contributed by atoms with Crippen LogP contribution in [0.5, 0.6) is 0 Å². The SMILES string of the molecule is CC1Cc2ccccc2N1C(=O)CN1CCC(CN)CC1.Cl. The average molecular weight is 324 g/mol. The quantitative estimate of drug-likeness (QED) is 0.926. The van der Waals surface area contributed by atoms with Gasteiger partial charge in [0.2, 0.25) is 5.91 Å². The number of carbonyl (C=O) groups is 1. The lowest BCUT2D eigenvalue weighted by molar-refractivity contribution is -0.120. The van der Waals surface area contributed by atoms with Crippen molar-refractivity contribution < 1.29 is 4.79 Å². The first-order valence-corrected chi connectivity index (χ1v) is 8.01. The minimum Gasteiger partial charge on any atom is -0.330 e. The van der Waals surface area contributed by atoms with Crippen LogP contribution < -0.4 is 10.6 Å². The van der Waals surface area contributed by atoms with Gasteiger partial charge in [0, 0.05) is 11.7 Å². The highest BCUT2D eigenvalue weighted by atomic mass is 35.5. The first-order chi connectivity index (χ1) is 10.2. The van der Waals surface area contributed by atoms with Crippen molar-refractivity contribution >= 4 is 24.0 Å². The van der Waals surface area contributed by atoms with Crippen LogP contribution in [0, 0.1) is 5.92 Å². The molecule has 0 saturated carbocycles. The average Bonchev–Trinajstić information content (AvgIpc) is 2.83. The van der Waals surface area contributed by atoms with Crippen LogP contribution >= 0.6 is 12.4 Å². The van der Waals surface area contributed by atoms with Gasteiger partial charge in [-0.25, -0.2) is 0 Å². The highest BCUT2D eigenvalue weighted by molar-refractivity contribution is 5.97. The maximum absolute atomic E-state index is 12.7. The van der Waals surface area contributed by atoms with E-state index >= 15 is 0 Å². The van der Waals surface area contributed by atoms with Gasteiger partial charge in [-0.15, -0.1) is 12.4 Å². The highest BCUT2D eigenvalue weighted by Gasteiger charge is 2.31. The first-order valence-electron chi connectivity index (χ1n) is 8.01. The van der Waals surface area contributed by atoms with Crippen molar-refractivity contribution in [2.24, 2.45) is 11.7 Å². The van der Waals surface area contributed by atoms with Crippen LogP contribution in [-0.2, 0) is 11.2 Å². The lowest BCUT2D eigenvalue weighted by Crippen LogP contribution is -2.46. The van der Waals surface area contributed by atoms with Gasteiger partial charge >= 0.3 is 0 Å². The van der Waals surface area contributed by atoms with E-state index in [0.29, 0.717) is 12.5 Å². The predicted molar refractivity (Wildman–Crippen MR) is 92.6 cm³/mol. The summed E-state index contributed by atoms with van der Waals surface area (Å²) in [5.41, 5.74) is 8.12. The summed E-state index contributed by atoms with van der Waals surface area (Å²) in [4.78, 5) is 17.0. The van der Waals surface area contributed by atoms with Gasteiger partial charge in [-0.2, -0.15) is 0 Å². The number of likely N-dealkylation sites (tertiary alicyclic amines) is 1. The molecule has 5 heteroatoms. The molecule has 1 fully saturated rings. The van der Waals surface area contributed by atoms with Gasteiger partial charge in [0.25, 0.3) is 0 Å². The van der Waals surface area contributed by atoms with E-state index < -0.39 is 0 Å². The Morgan fingerprint density at radius 1 is 1.27 bits per heavy atom. The number of rotatable bonds is 3. The molecule has 1 unspecified atom stereocenters. The Labute approximate surface area is 139 Å². The van der Waals surface area contributed by atoms with Crippen molar-refractivity contribution in [3.8, 4) is 0 Å². The number of nitrogens with two attached hydrogens (primary N) is 1. The van der Waals surface area contributed by atoms with E-state index in [4.69, 9.17) is 5.73 Å². The van der Waals surface area contributed by atoms with Crippen molar-refractivity contribution in [3.05, 3.63) is 29.8 Å². The molecule has 1 aromatic carbocycles. The molecule has 0 aromatic heterocycles. The molecule has 2 heterocycles. The molecule has 1 atom stereocenters. The summed E-state index contributed by atoms with van der Waals surface area (Å²) in [5.74, 6) is 0.876. The smallest absolute Gasteiger partial charge is 0.241 e. The zero-order valence-corrected chi connectivity index (χ0v) is 14.0.